The fraction of sp³-hybridized carbons (Fsp3) is 1.00. The molecule has 2 N–H and O–H groups in total. The lowest BCUT2D eigenvalue weighted by molar-refractivity contribution is -0.104. The first-order chi connectivity index (χ1) is 6.85. The Morgan fingerprint density at radius 3 is 2.33 bits per heavy atom. The molecular weight excluding hydrogens is 188 g/mol. The van der Waals surface area contributed by atoms with Gasteiger partial charge in [-0.3, -0.25) is 0 Å². The van der Waals surface area contributed by atoms with Crippen molar-refractivity contribution in [3.63, 3.8) is 0 Å². The lowest BCUT2D eigenvalue weighted by atomic mass is 9.65. The maximum atomic E-state index is 10.7. The summed E-state index contributed by atoms with van der Waals surface area (Å²) in [5.41, 5.74) is -0.639. The van der Waals surface area contributed by atoms with E-state index in [0.29, 0.717) is 24.2 Å². The predicted molar refractivity (Wildman–Crippen MR) is 62.6 cm³/mol. The van der Waals surface area contributed by atoms with Crippen LogP contribution in [0, 0.1) is 17.8 Å². The molecule has 0 aromatic rings. The number of hydrogen-bond acceptors (Lipinski definition) is 2. The van der Waals surface area contributed by atoms with Gasteiger partial charge < -0.3 is 10.2 Å². The molecule has 0 unspecified atom stereocenters. The standard InChI is InChI=1S/C13H26O2/c1-9(2)12-6-5-10(3)7-13(12,15)8-11(4)14/h9-12,14-15H,5-8H2,1-4H3/t10-,11-,12+,13-/m1/s1. The molecule has 4 atom stereocenters. The molecule has 0 heterocycles. The summed E-state index contributed by atoms with van der Waals surface area (Å²) < 4.78 is 0. The van der Waals surface area contributed by atoms with Gasteiger partial charge in [-0.25, -0.2) is 0 Å². The molecule has 1 fully saturated rings. The fourth-order valence-electron chi connectivity index (χ4n) is 3.29. The van der Waals surface area contributed by atoms with Crippen molar-refractivity contribution in [2.45, 2.75) is 65.1 Å². The van der Waals surface area contributed by atoms with Crippen LogP contribution in [0.3, 0.4) is 0 Å². The van der Waals surface area contributed by atoms with E-state index in [2.05, 4.69) is 20.8 Å². The molecule has 1 aliphatic carbocycles. The van der Waals surface area contributed by atoms with Crippen molar-refractivity contribution in [2.24, 2.45) is 17.8 Å². The summed E-state index contributed by atoms with van der Waals surface area (Å²) >= 11 is 0. The summed E-state index contributed by atoms with van der Waals surface area (Å²) in [6.45, 7) is 8.32. The Morgan fingerprint density at radius 1 is 1.27 bits per heavy atom. The first-order valence-corrected chi connectivity index (χ1v) is 6.25. The Balaban J connectivity index is 2.76. The summed E-state index contributed by atoms with van der Waals surface area (Å²) in [4.78, 5) is 0. The van der Waals surface area contributed by atoms with E-state index in [1.165, 1.54) is 6.42 Å². The second kappa shape index (κ2) is 4.84. The van der Waals surface area contributed by atoms with Gasteiger partial charge in [0, 0.05) is 6.42 Å². The highest BCUT2D eigenvalue weighted by Crippen LogP contribution is 2.43. The zero-order valence-electron chi connectivity index (χ0n) is 10.5. The van der Waals surface area contributed by atoms with Crippen molar-refractivity contribution >= 4 is 0 Å². The van der Waals surface area contributed by atoms with Gasteiger partial charge in [-0.15, -0.1) is 0 Å². The van der Waals surface area contributed by atoms with Crippen molar-refractivity contribution in [1.29, 1.82) is 0 Å². The molecule has 0 amide bonds. The normalized spacial score (nSPS) is 39.4. The van der Waals surface area contributed by atoms with Crippen molar-refractivity contribution in [1.82, 2.24) is 0 Å². The fourth-order valence-corrected chi connectivity index (χ4v) is 3.29. The van der Waals surface area contributed by atoms with Gasteiger partial charge >= 0.3 is 0 Å². The van der Waals surface area contributed by atoms with Crippen LogP contribution < -0.4 is 0 Å². The summed E-state index contributed by atoms with van der Waals surface area (Å²) in [6.07, 6.45) is 3.29. The van der Waals surface area contributed by atoms with Crippen LogP contribution in [0.4, 0.5) is 0 Å². The van der Waals surface area contributed by atoms with Crippen LogP contribution in [0.15, 0.2) is 0 Å². The predicted octanol–water partition coefficient (Wildman–Crippen LogP) is 2.58. The lowest BCUT2D eigenvalue weighted by Crippen LogP contribution is -2.47. The average Bonchev–Trinajstić information content (AvgIpc) is 1.99. The minimum atomic E-state index is -0.639. The number of rotatable bonds is 3. The summed E-state index contributed by atoms with van der Waals surface area (Å²) in [7, 11) is 0. The second-order valence-electron chi connectivity index (χ2n) is 5.89. The maximum absolute atomic E-state index is 10.7. The zero-order valence-corrected chi connectivity index (χ0v) is 10.5. The lowest BCUT2D eigenvalue weighted by Gasteiger charge is -2.45. The Kier molecular flexibility index (Phi) is 4.19. The van der Waals surface area contributed by atoms with Crippen molar-refractivity contribution in [3.05, 3.63) is 0 Å². The second-order valence-corrected chi connectivity index (χ2v) is 5.89. The molecule has 0 aliphatic heterocycles. The third-order valence-electron chi connectivity index (χ3n) is 3.82. The molecular formula is C13H26O2. The third kappa shape index (κ3) is 3.18. The van der Waals surface area contributed by atoms with Gasteiger partial charge in [-0.05, 0) is 37.5 Å². The number of aliphatic hydroxyl groups excluding tert-OH is 1. The highest BCUT2D eigenvalue weighted by molar-refractivity contribution is 4.94. The molecule has 0 saturated heterocycles. The Bertz CT molecular complexity index is 197. The Hall–Kier alpha value is -0.0800. The van der Waals surface area contributed by atoms with Gasteiger partial charge in [-0.2, -0.15) is 0 Å². The molecule has 1 saturated carbocycles. The van der Waals surface area contributed by atoms with Crippen molar-refractivity contribution in [2.75, 3.05) is 0 Å². The number of hydrogen-bond donors (Lipinski definition) is 2. The smallest absolute Gasteiger partial charge is 0.0705 e. The Labute approximate surface area is 93.7 Å². The van der Waals surface area contributed by atoms with Gasteiger partial charge in [0.2, 0.25) is 0 Å². The third-order valence-corrected chi connectivity index (χ3v) is 3.82. The van der Waals surface area contributed by atoms with Gasteiger partial charge in [0.05, 0.1) is 11.7 Å². The van der Waals surface area contributed by atoms with E-state index >= 15 is 0 Å². The molecule has 0 radical (unpaired) electrons. The molecule has 0 aromatic carbocycles. The molecule has 2 nitrogen and oxygen atoms in total. The van der Waals surface area contributed by atoms with Crippen LogP contribution in [0.25, 0.3) is 0 Å². The molecule has 90 valence electrons. The van der Waals surface area contributed by atoms with E-state index in [1.54, 1.807) is 6.92 Å². The van der Waals surface area contributed by atoms with Crippen LogP contribution in [-0.4, -0.2) is 21.9 Å². The SMILES string of the molecule is CC(C)[C@@H]1CC[C@@H](C)C[C@@]1(O)C[C@@H](C)O. The minimum Gasteiger partial charge on any atom is -0.393 e. The topological polar surface area (TPSA) is 40.5 Å². The van der Waals surface area contributed by atoms with E-state index in [0.717, 1.165) is 12.8 Å². The van der Waals surface area contributed by atoms with E-state index < -0.39 is 11.7 Å². The summed E-state index contributed by atoms with van der Waals surface area (Å²) in [6, 6.07) is 0. The van der Waals surface area contributed by atoms with Gasteiger partial charge in [0.15, 0.2) is 0 Å². The first kappa shape index (κ1) is 13.0. The van der Waals surface area contributed by atoms with Gasteiger partial charge in [-0.1, -0.05) is 27.2 Å². The molecule has 1 rings (SSSR count). The van der Waals surface area contributed by atoms with E-state index in [9.17, 15) is 10.2 Å². The van der Waals surface area contributed by atoms with Crippen LogP contribution >= 0.6 is 0 Å². The van der Waals surface area contributed by atoms with Crippen LogP contribution in [0.2, 0.25) is 0 Å². The van der Waals surface area contributed by atoms with E-state index in [4.69, 9.17) is 0 Å². The van der Waals surface area contributed by atoms with Crippen molar-refractivity contribution < 1.29 is 10.2 Å². The minimum absolute atomic E-state index is 0.350. The van der Waals surface area contributed by atoms with Gasteiger partial charge in [0.25, 0.3) is 0 Å². The van der Waals surface area contributed by atoms with Crippen LogP contribution in [0.1, 0.15) is 53.4 Å². The molecule has 0 spiro atoms. The van der Waals surface area contributed by atoms with E-state index in [-0.39, 0.29) is 0 Å². The highest BCUT2D eigenvalue weighted by atomic mass is 16.3. The molecule has 2 heteroatoms. The average molecular weight is 214 g/mol. The molecule has 15 heavy (non-hydrogen) atoms. The molecule has 1 aliphatic rings. The maximum Gasteiger partial charge on any atom is 0.0705 e. The van der Waals surface area contributed by atoms with Crippen LogP contribution in [0.5, 0.6) is 0 Å². The van der Waals surface area contributed by atoms with Crippen LogP contribution in [-0.2, 0) is 0 Å². The van der Waals surface area contributed by atoms with Crippen molar-refractivity contribution in [3.8, 4) is 0 Å². The molecule has 0 aromatic heterocycles. The largest absolute Gasteiger partial charge is 0.393 e. The zero-order chi connectivity index (χ0) is 11.6. The van der Waals surface area contributed by atoms with E-state index in [1.807, 2.05) is 0 Å². The summed E-state index contributed by atoms with van der Waals surface area (Å²) in [5, 5.41) is 20.2. The first-order valence-electron chi connectivity index (χ1n) is 6.25. The quantitative estimate of drug-likeness (QED) is 0.758. The monoisotopic (exact) mass is 214 g/mol. The molecule has 0 bridgehead atoms. The van der Waals surface area contributed by atoms with Gasteiger partial charge in [0.1, 0.15) is 0 Å². The highest BCUT2D eigenvalue weighted by Gasteiger charge is 2.43. The summed E-state index contributed by atoms with van der Waals surface area (Å²) in [5.74, 6) is 1.44. The Morgan fingerprint density at radius 2 is 1.87 bits per heavy atom. The number of aliphatic hydroxyl groups is 2.